The van der Waals surface area contributed by atoms with E-state index in [4.69, 9.17) is 25.6 Å². The van der Waals surface area contributed by atoms with E-state index in [2.05, 4.69) is 64.9 Å². The maximum atomic E-state index is 14.1. The number of aromatic nitrogens is 10. The van der Waals surface area contributed by atoms with Crippen molar-refractivity contribution in [3.8, 4) is 35.0 Å². The largest absolute Gasteiger partial charge is 0.493 e. The van der Waals surface area contributed by atoms with E-state index < -0.39 is 41.8 Å². The van der Waals surface area contributed by atoms with Crippen molar-refractivity contribution < 1.29 is 27.6 Å². The van der Waals surface area contributed by atoms with E-state index in [1.807, 2.05) is 80.6 Å². The van der Waals surface area contributed by atoms with Gasteiger partial charge in [-0.3, -0.25) is 4.98 Å². The van der Waals surface area contributed by atoms with Gasteiger partial charge in [0.15, 0.2) is 23.0 Å². The van der Waals surface area contributed by atoms with Gasteiger partial charge in [-0.25, -0.2) is 24.3 Å². The van der Waals surface area contributed by atoms with E-state index in [0.29, 0.717) is 34.4 Å². The second kappa shape index (κ2) is 19.7. The average molecular weight is 930 g/mol. The highest BCUT2D eigenvalue weighted by molar-refractivity contribution is 9.10. The number of hydrogen-bond donors (Lipinski definition) is 2. The van der Waals surface area contributed by atoms with Gasteiger partial charge in [-0.05, 0) is 122 Å². The molecule has 0 spiro atoms. The molecule has 0 saturated heterocycles. The fraction of sp³-hybridized carbons (Fsp3) is 0.136. The molecule has 0 aliphatic heterocycles. The molecule has 2 N–H and O–H groups in total. The topological polar surface area (TPSA) is 201 Å². The minimum atomic E-state index is -1.96. The lowest BCUT2D eigenvalue weighted by Gasteiger charge is -2.24. The van der Waals surface area contributed by atoms with E-state index in [1.54, 1.807) is 47.4 Å². The van der Waals surface area contributed by atoms with Crippen LogP contribution in [0.25, 0.3) is 22.9 Å². The summed E-state index contributed by atoms with van der Waals surface area (Å²) in [5.74, 6) is -2.76. The van der Waals surface area contributed by atoms with Gasteiger partial charge in [0.2, 0.25) is 23.8 Å². The highest BCUT2D eigenvalue weighted by atomic mass is 79.9. The normalized spacial score (nSPS) is 11.0. The van der Waals surface area contributed by atoms with Crippen LogP contribution in [0, 0.1) is 46.5 Å². The molecular weight excluding hydrogens is 895 g/mol. The molecule has 0 radical (unpaired) electrons. The molecule has 0 unspecified atom stereocenters. The molecular formula is C44H34BBrF4N12O2. The van der Waals surface area contributed by atoms with Crippen LogP contribution in [0.1, 0.15) is 61.9 Å². The first-order valence-corrected chi connectivity index (χ1v) is 19.8. The standard InChI is InChI=1S/C22H16F2N6.C17H14BrN5.C5H4BF2NO2/c1-22(2,18-7-4-8-20(27-18)30-12-11-14(13-25)29-30)17-6-3-5-16(26-17)15-9-10-19(23)28-21(15)24;1-17(2,13-5-3-7-15(18)20-13)14-6-4-8-16(21-14)23-10-9-12(11-19)22-23;7-4-2-1-3(6(10)11)5(8)9-4/h3-12H,1-2H3;3-10H,1-2H3;1-2,10-11H. The summed E-state index contributed by atoms with van der Waals surface area (Å²) < 4.78 is 55.7. The van der Waals surface area contributed by atoms with Gasteiger partial charge < -0.3 is 10.0 Å². The SMILES string of the molecule is CC(C)(c1cccc(-c2ccc(F)nc2F)n1)c1cccc(-n2ccc(C#N)n2)n1.CC(C)(c1cccc(Br)n1)c1cccc(-n2ccc(C#N)n2)n1.OB(O)c1ccc(F)nc1F. The second-order valence-corrected chi connectivity index (χ2v) is 15.5. The van der Waals surface area contributed by atoms with Crippen molar-refractivity contribution in [3.05, 3.63) is 184 Å². The van der Waals surface area contributed by atoms with Gasteiger partial charge in [0.05, 0.1) is 34.0 Å². The van der Waals surface area contributed by atoms with Crippen molar-refractivity contribution in [3.63, 3.8) is 0 Å². The zero-order chi connectivity index (χ0) is 46.2. The van der Waals surface area contributed by atoms with Crippen molar-refractivity contribution in [2.45, 2.75) is 38.5 Å². The number of halogens is 5. The van der Waals surface area contributed by atoms with Crippen molar-refractivity contribution in [2.24, 2.45) is 0 Å². The molecule has 0 saturated carbocycles. The minimum absolute atomic E-state index is 0.122. The predicted molar refractivity (Wildman–Crippen MR) is 230 cm³/mol. The monoisotopic (exact) mass is 928 g/mol. The first-order chi connectivity index (χ1) is 30.5. The Morgan fingerprint density at radius 1 is 0.547 bits per heavy atom. The quantitative estimate of drug-likeness (QED) is 0.0913. The molecule has 0 bridgehead atoms. The first-order valence-electron chi connectivity index (χ1n) is 19.0. The van der Waals surface area contributed by atoms with E-state index in [1.165, 1.54) is 10.7 Å². The van der Waals surface area contributed by atoms with E-state index in [-0.39, 0.29) is 11.0 Å². The fourth-order valence-corrected chi connectivity index (χ4v) is 6.33. The molecule has 64 heavy (non-hydrogen) atoms. The van der Waals surface area contributed by atoms with Crippen molar-refractivity contribution in [1.29, 1.82) is 10.5 Å². The molecule has 0 aliphatic rings. The van der Waals surface area contributed by atoms with Crippen LogP contribution >= 0.6 is 15.9 Å². The molecule has 8 aromatic heterocycles. The van der Waals surface area contributed by atoms with Gasteiger partial charge in [-0.1, -0.05) is 30.3 Å². The second-order valence-electron chi connectivity index (χ2n) is 14.6. The van der Waals surface area contributed by atoms with Gasteiger partial charge >= 0.3 is 7.12 Å². The zero-order valence-corrected chi connectivity index (χ0v) is 35.9. The predicted octanol–water partition coefficient (Wildman–Crippen LogP) is 6.86. The third-order valence-electron chi connectivity index (χ3n) is 9.58. The summed E-state index contributed by atoms with van der Waals surface area (Å²) in [6, 6.07) is 33.8. The first kappa shape index (κ1) is 46.0. The van der Waals surface area contributed by atoms with Gasteiger partial charge in [0.1, 0.15) is 16.7 Å². The zero-order valence-electron chi connectivity index (χ0n) is 34.3. The van der Waals surface area contributed by atoms with Crippen LogP contribution in [0.15, 0.2) is 126 Å². The number of nitriles is 2. The Kier molecular flexibility index (Phi) is 14.1. The van der Waals surface area contributed by atoms with Crippen LogP contribution in [0.5, 0.6) is 0 Å². The van der Waals surface area contributed by atoms with Crippen LogP contribution in [-0.2, 0) is 10.8 Å². The number of pyridine rings is 6. The van der Waals surface area contributed by atoms with Crippen molar-refractivity contribution in [1.82, 2.24) is 49.5 Å². The number of hydrogen-bond acceptors (Lipinski definition) is 12. The summed E-state index contributed by atoms with van der Waals surface area (Å²) in [5.41, 5.74) is 2.91. The summed E-state index contributed by atoms with van der Waals surface area (Å²) in [7, 11) is -1.96. The summed E-state index contributed by atoms with van der Waals surface area (Å²) >= 11 is 3.41. The maximum Gasteiger partial charge on any atom is 0.493 e. The van der Waals surface area contributed by atoms with Crippen LogP contribution in [0.3, 0.4) is 0 Å². The lowest BCUT2D eigenvalue weighted by Crippen LogP contribution is -2.33. The smallest absolute Gasteiger partial charge is 0.423 e. The van der Waals surface area contributed by atoms with Gasteiger partial charge in [-0.15, -0.1) is 0 Å². The van der Waals surface area contributed by atoms with Crippen LogP contribution in [0.4, 0.5) is 17.6 Å². The summed E-state index contributed by atoms with van der Waals surface area (Å²) in [5, 5.41) is 43.1. The summed E-state index contributed by atoms with van der Waals surface area (Å²) in [6.07, 6.45) is 3.40. The van der Waals surface area contributed by atoms with E-state index in [0.717, 1.165) is 39.9 Å². The van der Waals surface area contributed by atoms with Crippen molar-refractivity contribution in [2.75, 3.05) is 0 Å². The highest BCUT2D eigenvalue weighted by Crippen LogP contribution is 2.32. The lowest BCUT2D eigenvalue weighted by molar-refractivity contribution is 0.420. The molecule has 0 aromatic carbocycles. The molecule has 14 nitrogen and oxygen atoms in total. The Balaban J connectivity index is 0.000000176. The van der Waals surface area contributed by atoms with E-state index in [9.17, 15) is 17.6 Å². The van der Waals surface area contributed by atoms with Crippen molar-refractivity contribution >= 4 is 28.5 Å². The molecule has 0 fully saturated rings. The van der Waals surface area contributed by atoms with Gasteiger partial charge in [0, 0.05) is 28.7 Å². The molecule has 8 aromatic rings. The maximum absolute atomic E-state index is 14.1. The molecule has 320 valence electrons. The number of rotatable bonds is 8. The highest BCUT2D eigenvalue weighted by Gasteiger charge is 2.29. The fourth-order valence-electron chi connectivity index (χ4n) is 5.99. The molecule has 8 heterocycles. The molecule has 8 rings (SSSR count). The molecule has 0 amide bonds. The summed E-state index contributed by atoms with van der Waals surface area (Å²) in [4.78, 5) is 24.5. The Morgan fingerprint density at radius 3 is 1.45 bits per heavy atom. The van der Waals surface area contributed by atoms with Gasteiger partial charge in [-0.2, -0.15) is 48.3 Å². The Bertz CT molecular complexity index is 3020. The third-order valence-corrected chi connectivity index (χ3v) is 10.0. The van der Waals surface area contributed by atoms with Crippen LogP contribution in [-0.4, -0.2) is 66.6 Å². The lowest BCUT2D eigenvalue weighted by atomic mass is 9.81. The third kappa shape index (κ3) is 10.7. The van der Waals surface area contributed by atoms with E-state index >= 15 is 0 Å². The number of nitrogens with zero attached hydrogens (tertiary/aromatic N) is 12. The van der Waals surface area contributed by atoms with Crippen LogP contribution in [0.2, 0.25) is 0 Å². The molecule has 0 aliphatic carbocycles. The Morgan fingerprint density at radius 2 is 1.00 bits per heavy atom. The van der Waals surface area contributed by atoms with Crippen LogP contribution < -0.4 is 5.46 Å². The molecule has 20 heteroatoms. The minimum Gasteiger partial charge on any atom is -0.423 e. The Hall–Kier alpha value is -7.52. The van der Waals surface area contributed by atoms with Gasteiger partial charge in [0.25, 0.3) is 0 Å². The average Bonchev–Trinajstić information content (AvgIpc) is 3.98. The Labute approximate surface area is 372 Å². The summed E-state index contributed by atoms with van der Waals surface area (Å²) in [6.45, 7) is 8.07. The molecule has 0 atom stereocenters.